The molecule has 2 aromatic carbocycles. The maximum absolute atomic E-state index is 6.17. The zero-order valence-electron chi connectivity index (χ0n) is 15.9. The summed E-state index contributed by atoms with van der Waals surface area (Å²) in [5.41, 5.74) is 4.34. The van der Waals surface area contributed by atoms with E-state index in [1.807, 2.05) is 48.8 Å². The van der Waals surface area contributed by atoms with Crippen LogP contribution in [0.15, 0.2) is 67.0 Å². The Hall–Kier alpha value is -2.73. The van der Waals surface area contributed by atoms with Gasteiger partial charge in [-0.2, -0.15) is 0 Å². The zero-order valence-corrected chi connectivity index (χ0v) is 16.6. The van der Waals surface area contributed by atoms with Gasteiger partial charge in [0.2, 0.25) is 0 Å². The van der Waals surface area contributed by atoms with Crippen molar-refractivity contribution < 1.29 is 4.74 Å². The Kier molecular flexibility index (Phi) is 5.02. The van der Waals surface area contributed by atoms with E-state index in [1.54, 1.807) is 0 Å². The molecule has 2 aromatic heterocycles. The third-order valence-electron chi connectivity index (χ3n) is 5.24. The normalized spacial score (nSPS) is 16.1. The fourth-order valence-corrected chi connectivity index (χ4v) is 3.96. The number of halogens is 1. The molecular formula is C23H21ClN4O. The van der Waals surface area contributed by atoms with Crippen LogP contribution in [0.25, 0.3) is 22.2 Å². The monoisotopic (exact) mass is 404 g/mol. The maximum atomic E-state index is 6.17. The topological polar surface area (TPSA) is 52.0 Å². The smallest absolute Gasteiger partial charge is 0.135 e. The van der Waals surface area contributed by atoms with Crippen LogP contribution in [0.3, 0.4) is 0 Å². The molecule has 1 aliphatic heterocycles. The fraction of sp³-hybridized carbons (Fsp3) is 0.217. The molecule has 5 rings (SSSR count). The van der Waals surface area contributed by atoms with Crippen LogP contribution in [0.4, 0.5) is 0 Å². The van der Waals surface area contributed by atoms with Crippen LogP contribution in [-0.4, -0.2) is 27.2 Å². The van der Waals surface area contributed by atoms with E-state index in [0.29, 0.717) is 6.61 Å². The van der Waals surface area contributed by atoms with E-state index in [2.05, 4.69) is 38.1 Å². The highest BCUT2D eigenvalue weighted by Crippen LogP contribution is 2.26. The Morgan fingerprint density at radius 2 is 2.00 bits per heavy atom. The third kappa shape index (κ3) is 3.90. The van der Waals surface area contributed by atoms with E-state index in [0.717, 1.165) is 52.6 Å². The van der Waals surface area contributed by atoms with Gasteiger partial charge in [-0.1, -0.05) is 41.9 Å². The number of rotatable bonds is 5. The lowest BCUT2D eigenvalue weighted by Crippen LogP contribution is -2.36. The van der Waals surface area contributed by atoms with Gasteiger partial charge in [-0.15, -0.1) is 0 Å². The van der Waals surface area contributed by atoms with E-state index >= 15 is 0 Å². The van der Waals surface area contributed by atoms with Gasteiger partial charge in [-0.3, -0.25) is 4.98 Å². The molecule has 0 spiro atoms. The van der Waals surface area contributed by atoms with Crippen LogP contribution < -0.4 is 5.32 Å². The molecule has 1 unspecified atom stereocenters. The van der Waals surface area contributed by atoms with Crippen LogP contribution in [0.5, 0.6) is 0 Å². The first kappa shape index (κ1) is 18.3. The number of ether oxygens (including phenoxy) is 1. The van der Waals surface area contributed by atoms with Gasteiger partial charge in [-0.05, 0) is 29.8 Å². The van der Waals surface area contributed by atoms with Gasteiger partial charge in [0, 0.05) is 35.3 Å². The number of benzene rings is 2. The lowest BCUT2D eigenvalue weighted by atomic mass is 10.1. The van der Waals surface area contributed by atoms with Gasteiger partial charge < -0.3 is 14.6 Å². The second-order valence-corrected chi connectivity index (χ2v) is 7.72. The first-order chi connectivity index (χ1) is 14.3. The summed E-state index contributed by atoms with van der Waals surface area (Å²) in [5, 5.41) is 5.40. The molecule has 1 atom stereocenters. The Bertz CT molecular complexity index is 1160. The van der Waals surface area contributed by atoms with E-state index in [9.17, 15) is 0 Å². The van der Waals surface area contributed by atoms with Gasteiger partial charge in [0.25, 0.3) is 0 Å². The molecule has 1 N–H and O–H groups in total. The van der Waals surface area contributed by atoms with Crippen LogP contribution in [-0.2, 0) is 24.4 Å². The van der Waals surface area contributed by atoms with Crippen molar-refractivity contribution in [3.05, 3.63) is 83.4 Å². The van der Waals surface area contributed by atoms with Crippen molar-refractivity contribution in [1.82, 2.24) is 19.9 Å². The lowest BCUT2D eigenvalue weighted by molar-refractivity contribution is 0.00326. The number of fused-ring (bicyclic) bond motifs is 2. The Balaban J connectivity index is 1.24. The number of hydrogen-bond donors (Lipinski definition) is 1. The highest BCUT2D eigenvalue weighted by molar-refractivity contribution is 6.30. The minimum Gasteiger partial charge on any atom is -0.367 e. The number of aromatic nitrogens is 3. The van der Waals surface area contributed by atoms with Gasteiger partial charge >= 0.3 is 0 Å². The molecule has 0 aliphatic carbocycles. The predicted molar refractivity (Wildman–Crippen MR) is 115 cm³/mol. The molecule has 4 aromatic rings. The van der Waals surface area contributed by atoms with Crippen molar-refractivity contribution >= 4 is 22.5 Å². The van der Waals surface area contributed by atoms with Crippen LogP contribution in [0, 0.1) is 0 Å². The summed E-state index contributed by atoms with van der Waals surface area (Å²) < 4.78 is 8.23. The molecule has 0 radical (unpaired) electrons. The Morgan fingerprint density at radius 3 is 2.93 bits per heavy atom. The van der Waals surface area contributed by atoms with Crippen LogP contribution in [0.1, 0.15) is 11.4 Å². The fourth-order valence-electron chi connectivity index (χ4n) is 3.77. The van der Waals surface area contributed by atoms with E-state index in [4.69, 9.17) is 16.3 Å². The molecule has 0 saturated heterocycles. The summed E-state index contributed by atoms with van der Waals surface area (Å²) in [6.45, 7) is 2.81. The predicted octanol–water partition coefficient (Wildman–Crippen LogP) is 4.44. The average Bonchev–Trinajstić information content (AvgIpc) is 3.17. The molecule has 29 heavy (non-hydrogen) atoms. The van der Waals surface area contributed by atoms with Crippen molar-refractivity contribution in [2.45, 2.75) is 25.8 Å². The molecule has 3 heterocycles. The minimum atomic E-state index is 0.0862. The number of pyridine rings is 1. The second-order valence-electron chi connectivity index (χ2n) is 7.28. The van der Waals surface area contributed by atoms with Crippen LogP contribution in [0.2, 0.25) is 5.02 Å². The van der Waals surface area contributed by atoms with Crippen molar-refractivity contribution in [2.24, 2.45) is 0 Å². The van der Waals surface area contributed by atoms with Gasteiger partial charge in [0.15, 0.2) is 0 Å². The summed E-state index contributed by atoms with van der Waals surface area (Å²) in [4.78, 5) is 9.05. The minimum absolute atomic E-state index is 0.0862. The highest BCUT2D eigenvalue weighted by atomic mass is 35.5. The number of imidazole rings is 1. The molecule has 1 aliphatic rings. The highest BCUT2D eigenvalue weighted by Gasteiger charge is 2.22. The second kappa shape index (κ2) is 7.95. The lowest BCUT2D eigenvalue weighted by Gasteiger charge is -2.26. The number of para-hydroxylation sites is 1. The van der Waals surface area contributed by atoms with Crippen molar-refractivity contribution in [2.75, 3.05) is 6.54 Å². The van der Waals surface area contributed by atoms with E-state index in [-0.39, 0.29) is 6.10 Å². The van der Waals surface area contributed by atoms with Crippen molar-refractivity contribution in [3.8, 4) is 11.3 Å². The summed E-state index contributed by atoms with van der Waals surface area (Å²) in [6, 6.07) is 18.2. The molecule has 0 fully saturated rings. The number of hydrogen-bond acceptors (Lipinski definition) is 4. The van der Waals surface area contributed by atoms with Gasteiger partial charge in [0.05, 0.1) is 30.1 Å². The summed E-state index contributed by atoms with van der Waals surface area (Å²) in [6.07, 6.45) is 3.92. The Morgan fingerprint density at radius 1 is 1.07 bits per heavy atom. The molecular weight excluding hydrogens is 384 g/mol. The maximum Gasteiger partial charge on any atom is 0.135 e. The molecule has 6 heteroatoms. The molecule has 0 bridgehead atoms. The van der Waals surface area contributed by atoms with Crippen molar-refractivity contribution in [3.63, 3.8) is 0 Å². The SMILES string of the molecule is Clc1cccc(-c2cnc3n2CC(CNCc2cnc4ccccc4c2)OC3)c1. The molecule has 0 amide bonds. The van der Waals surface area contributed by atoms with Crippen LogP contribution >= 0.6 is 11.6 Å². The first-order valence-corrected chi connectivity index (χ1v) is 10.1. The zero-order chi connectivity index (χ0) is 19.6. The molecule has 146 valence electrons. The Labute approximate surface area is 174 Å². The number of nitrogens with zero attached hydrogens (tertiary/aromatic N) is 3. The largest absolute Gasteiger partial charge is 0.367 e. The van der Waals surface area contributed by atoms with Gasteiger partial charge in [0.1, 0.15) is 12.4 Å². The van der Waals surface area contributed by atoms with Crippen molar-refractivity contribution in [1.29, 1.82) is 0 Å². The summed E-state index contributed by atoms with van der Waals surface area (Å²) >= 11 is 6.17. The number of nitrogens with one attached hydrogen (secondary N) is 1. The quantitative estimate of drug-likeness (QED) is 0.534. The average molecular weight is 405 g/mol. The first-order valence-electron chi connectivity index (χ1n) is 9.72. The third-order valence-corrected chi connectivity index (χ3v) is 5.48. The summed E-state index contributed by atoms with van der Waals surface area (Å²) in [5.74, 6) is 0.954. The van der Waals surface area contributed by atoms with Gasteiger partial charge in [-0.25, -0.2) is 4.98 Å². The molecule has 5 nitrogen and oxygen atoms in total. The molecule has 0 saturated carbocycles. The van der Waals surface area contributed by atoms with E-state index in [1.165, 1.54) is 5.56 Å². The van der Waals surface area contributed by atoms with E-state index < -0.39 is 0 Å². The standard InChI is InChI=1S/C23H21ClN4O/c24-19-6-3-5-18(9-19)22-13-27-23-15-29-20(14-28(22)23)12-25-10-16-8-17-4-1-2-7-21(17)26-11-16/h1-9,11,13,20,25H,10,12,14-15H2. The summed E-state index contributed by atoms with van der Waals surface area (Å²) in [7, 11) is 0.